The predicted molar refractivity (Wildman–Crippen MR) is 74.5 cm³/mol. The highest BCUT2D eigenvalue weighted by Gasteiger charge is 2.57. The summed E-state index contributed by atoms with van der Waals surface area (Å²) in [5.41, 5.74) is 0. The first-order valence-electron chi connectivity index (χ1n) is 6.43. The number of aliphatic hydroxyl groups is 2. The summed E-state index contributed by atoms with van der Waals surface area (Å²) >= 11 is 0. The molecule has 12 heteroatoms. The van der Waals surface area contributed by atoms with E-state index in [-0.39, 0.29) is 5.84 Å². The van der Waals surface area contributed by atoms with Gasteiger partial charge < -0.3 is 24.7 Å². The summed E-state index contributed by atoms with van der Waals surface area (Å²) in [6.45, 7) is 2.82. The Morgan fingerprint density at radius 1 is 1.48 bits per heavy atom. The van der Waals surface area contributed by atoms with Crippen molar-refractivity contribution >= 4 is 19.7 Å². The maximum Gasteiger partial charge on any atom is 0.469 e. The number of carbonyl (C=O) groups excluding carboxylic acids is 1. The molecule has 2 amide bonds. The van der Waals surface area contributed by atoms with Crippen LogP contribution >= 0.6 is 7.82 Å². The number of ether oxygens (including phenoxy) is 1. The normalized spacial score (nSPS) is 37.7. The van der Waals surface area contributed by atoms with Gasteiger partial charge in [0.25, 0.3) is 0 Å². The molecule has 23 heavy (non-hydrogen) atoms. The number of amidine groups is 1. The lowest BCUT2D eigenvalue weighted by Crippen LogP contribution is -2.62. The third-order valence-corrected chi connectivity index (χ3v) is 4.03. The minimum absolute atomic E-state index is 0.167. The quantitative estimate of drug-likeness (QED) is 0.263. The fraction of sp³-hybridized carbons (Fsp3) is 0.455. The summed E-state index contributed by atoms with van der Waals surface area (Å²) in [6.07, 6.45) is -2.03. The molecule has 2 aliphatic heterocycles. The SMILES string of the molecule is C=C[N+]1([C@@H]2O[C@H](COP(=O)(O)O)[C@@H](O)[C@H]2O)C=CC(=N)NC1=O. The molecule has 0 spiro atoms. The number of rotatable bonds is 5. The second kappa shape index (κ2) is 6.23. The maximum absolute atomic E-state index is 12.2. The topological polar surface area (TPSA) is 169 Å². The van der Waals surface area contributed by atoms with Crippen LogP contribution in [0.1, 0.15) is 0 Å². The van der Waals surface area contributed by atoms with Crippen molar-refractivity contribution in [2.24, 2.45) is 0 Å². The van der Waals surface area contributed by atoms with Crippen LogP contribution in [0.2, 0.25) is 0 Å². The molecule has 1 unspecified atom stereocenters. The highest BCUT2D eigenvalue weighted by Crippen LogP contribution is 2.38. The summed E-state index contributed by atoms with van der Waals surface area (Å²) in [5, 5.41) is 29.7. The van der Waals surface area contributed by atoms with Gasteiger partial charge in [-0.15, -0.1) is 0 Å². The number of aliphatic hydroxyl groups excluding tert-OH is 2. The van der Waals surface area contributed by atoms with Crippen molar-refractivity contribution < 1.29 is 43.1 Å². The molecule has 0 aromatic heterocycles. The summed E-state index contributed by atoms with van der Waals surface area (Å²) < 4.78 is 19.6. The van der Waals surface area contributed by atoms with Crippen LogP contribution in [0, 0.1) is 5.41 Å². The third-order valence-electron chi connectivity index (χ3n) is 3.55. The molecule has 0 aromatic carbocycles. The second-order valence-electron chi connectivity index (χ2n) is 5.01. The van der Waals surface area contributed by atoms with Crippen molar-refractivity contribution in [3.05, 3.63) is 25.1 Å². The number of nitrogens with zero attached hydrogens (tertiary/aromatic N) is 1. The van der Waals surface area contributed by atoms with Crippen molar-refractivity contribution in [1.82, 2.24) is 5.32 Å². The molecule has 1 saturated heterocycles. The third kappa shape index (κ3) is 3.42. The largest absolute Gasteiger partial charge is 0.469 e. The maximum atomic E-state index is 12.2. The number of urea groups is 1. The van der Waals surface area contributed by atoms with Gasteiger partial charge in [0.2, 0.25) is 6.23 Å². The second-order valence-corrected chi connectivity index (χ2v) is 6.25. The number of quaternary nitrogens is 1. The van der Waals surface area contributed by atoms with Crippen LogP contribution in [0.4, 0.5) is 4.79 Å². The number of amides is 2. The Labute approximate surface area is 130 Å². The monoisotopic (exact) mass is 350 g/mol. The minimum Gasteiger partial charge on any atom is -0.387 e. The Bertz CT molecular complexity index is 604. The molecule has 128 valence electrons. The lowest BCUT2D eigenvalue weighted by molar-refractivity contribution is -0.806. The van der Waals surface area contributed by atoms with Gasteiger partial charge in [0.15, 0.2) is 6.10 Å². The van der Waals surface area contributed by atoms with E-state index in [1.165, 1.54) is 12.3 Å². The van der Waals surface area contributed by atoms with E-state index in [2.05, 4.69) is 16.4 Å². The van der Waals surface area contributed by atoms with Crippen LogP contribution in [0.3, 0.4) is 0 Å². The molecule has 5 atom stereocenters. The highest BCUT2D eigenvalue weighted by molar-refractivity contribution is 7.46. The Hall–Kier alpha value is -1.43. The molecule has 6 N–H and O–H groups in total. The van der Waals surface area contributed by atoms with E-state index in [4.69, 9.17) is 19.9 Å². The van der Waals surface area contributed by atoms with Crippen LogP contribution in [0.25, 0.3) is 0 Å². The van der Waals surface area contributed by atoms with Gasteiger partial charge in [-0.25, -0.2) is 9.36 Å². The predicted octanol–water partition coefficient (Wildman–Crippen LogP) is -1.28. The van der Waals surface area contributed by atoms with Crippen molar-refractivity contribution in [1.29, 1.82) is 5.41 Å². The van der Waals surface area contributed by atoms with Gasteiger partial charge >= 0.3 is 13.9 Å². The molecule has 0 radical (unpaired) electrons. The lowest BCUT2D eigenvalue weighted by atomic mass is 10.1. The first-order chi connectivity index (χ1) is 10.6. The number of carbonyl (C=O) groups is 1. The minimum atomic E-state index is -4.78. The van der Waals surface area contributed by atoms with E-state index in [9.17, 15) is 19.6 Å². The first kappa shape index (κ1) is 17.9. The van der Waals surface area contributed by atoms with Crippen molar-refractivity contribution in [2.45, 2.75) is 24.5 Å². The number of phosphoric ester groups is 1. The molecule has 1 fully saturated rings. The molecule has 2 rings (SSSR count). The van der Waals surface area contributed by atoms with Crippen LogP contribution in [0.15, 0.2) is 25.1 Å². The average Bonchev–Trinajstić information content (AvgIpc) is 2.74. The average molecular weight is 350 g/mol. The van der Waals surface area contributed by atoms with Crippen molar-refractivity contribution in [3.8, 4) is 0 Å². The Morgan fingerprint density at radius 3 is 2.65 bits per heavy atom. The zero-order chi connectivity index (χ0) is 17.4. The molecular formula is C11H17N3O8P+. The molecule has 0 aromatic rings. The number of nitrogens with one attached hydrogen (secondary N) is 2. The molecule has 2 aliphatic rings. The van der Waals surface area contributed by atoms with Crippen LogP contribution in [0.5, 0.6) is 0 Å². The zero-order valence-corrected chi connectivity index (χ0v) is 12.7. The Kier molecular flexibility index (Phi) is 4.85. The molecule has 0 saturated carbocycles. The summed E-state index contributed by atoms with van der Waals surface area (Å²) in [6, 6.07) is -0.736. The van der Waals surface area contributed by atoms with Crippen LogP contribution in [-0.4, -0.2) is 67.5 Å². The van der Waals surface area contributed by atoms with Gasteiger partial charge in [-0.3, -0.25) is 15.2 Å². The van der Waals surface area contributed by atoms with Crippen molar-refractivity contribution in [2.75, 3.05) is 6.61 Å². The molecule has 0 aliphatic carbocycles. The van der Waals surface area contributed by atoms with E-state index in [0.717, 1.165) is 6.20 Å². The van der Waals surface area contributed by atoms with Gasteiger partial charge in [-0.05, 0) is 6.58 Å². The molecule has 11 nitrogen and oxygen atoms in total. The van der Waals surface area contributed by atoms with E-state index in [1.807, 2.05) is 0 Å². The fourth-order valence-corrected chi connectivity index (χ4v) is 2.70. The van der Waals surface area contributed by atoms with Gasteiger partial charge in [-0.2, -0.15) is 4.48 Å². The number of phosphoric acid groups is 1. The summed E-state index contributed by atoms with van der Waals surface area (Å²) in [7, 11) is -4.78. The summed E-state index contributed by atoms with van der Waals surface area (Å²) in [4.78, 5) is 29.6. The lowest BCUT2D eigenvalue weighted by Gasteiger charge is -2.35. The van der Waals surface area contributed by atoms with Crippen LogP contribution < -0.4 is 5.32 Å². The van der Waals surface area contributed by atoms with Crippen molar-refractivity contribution in [3.63, 3.8) is 0 Å². The molecule has 0 bridgehead atoms. The van der Waals surface area contributed by atoms with Gasteiger partial charge in [0.1, 0.15) is 30.4 Å². The zero-order valence-electron chi connectivity index (χ0n) is 11.8. The first-order valence-corrected chi connectivity index (χ1v) is 7.96. The number of hydrogen-bond acceptors (Lipinski definition) is 7. The summed E-state index contributed by atoms with van der Waals surface area (Å²) in [5.74, 6) is -0.167. The Morgan fingerprint density at radius 2 is 2.13 bits per heavy atom. The molecular weight excluding hydrogens is 333 g/mol. The van der Waals surface area contributed by atoms with Gasteiger partial charge in [-0.1, -0.05) is 0 Å². The Balaban J connectivity index is 2.24. The fourth-order valence-electron chi connectivity index (χ4n) is 2.36. The highest BCUT2D eigenvalue weighted by atomic mass is 31.2. The van der Waals surface area contributed by atoms with Gasteiger partial charge in [0, 0.05) is 6.08 Å². The van der Waals surface area contributed by atoms with E-state index in [0.29, 0.717) is 0 Å². The van der Waals surface area contributed by atoms with E-state index >= 15 is 0 Å². The van der Waals surface area contributed by atoms with Gasteiger partial charge in [0.05, 0.1) is 6.61 Å². The van der Waals surface area contributed by atoms with Crippen LogP contribution in [-0.2, 0) is 13.8 Å². The number of hydrogen-bond donors (Lipinski definition) is 6. The van der Waals surface area contributed by atoms with E-state index in [1.54, 1.807) is 0 Å². The smallest absolute Gasteiger partial charge is 0.387 e. The molecule has 2 heterocycles. The van der Waals surface area contributed by atoms with E-state index < -0.39 is 49.5 Å². The standard InChI is InChI=1S/C11H16N3O8P/c1-2-14(4-3-7(12)13-11(14)17)10-9(16)8(15)6(22-10)5-21-23(18,19)20/h2-4,6,8-10,15-16H,1,5H2,(H3-,12,13,17,18,19,20)/p+1/t6-,8-,9-,10-,14?/m1/s1.